The van der Waals surface area contributed by atoms with Crippen molar-refractivity contribution >= 4 is 40.7 Å². The predicted octanol–water partition coefficient (Wildman–Crippen LogP) is 5.13. The Balaban J connectivity index is 1.30. The van der Waals surface area contributed by atoms with Crippen LogP contribution in [0, 0.1) is 6.92 Å². The summed E-state index contributed by atoms with van der Waals surface area (Å²) < 4.78 is 0. The molecule has 0 unspecified atom stereocenters. The molecule has 228 valence electrons. The molecule has 3 heterocycles. The van der Waals surface area contributed by atoms with E-state index in [0.29, 0.717) is 59.7 Å². The maximum Gasteiger partial charge on any atom is 0.274 e. The molecule has 0 saturated carbocycles. The number of hydrogen-bond acceptors (Lipinski definition) is 7. The first-order valence-electron chi connectivity index (χ1n) is 14.4. The molecule has 1 aliphatic heterocycles. The largest absolute Gasteiger partial charge is 0.395 e. The lowest BCUT2D eigenvalue weighted by atomic mass is 9.97. The lowest BCUT2D eigenvalue weighted by molar-refractivity contribution is -0.119. The first-order chi connectivity index (χ1) is 21.3. The summed E-state index contributed by atoms with van der Waals surface area (Å²) in [5, 5.41) is 22.4. The van der Waals surface area contributed by atoms with E-state index in [-0.39, 0.29) is 24.5 Å². The van der Waals surface area contributed by atoms with E-state index in [1.807, 2.05) is 55.5 Å². The van der Waals surface area contributed by atoms with Crippen LogP contribution in [0.1, 0.15) is 40.0 Å². The van der Waals surface area contributed by atoms with E-state index in [9.17, 15) is 9.59 Å². The third kappa shape index (κ3) is 7.61. The number of amides is 2. The second kappa shape index (κ2) is 14.7. The van der Waals surface area contributed by atoms with Crippen molar-refractivity contribution in [2.75, 3.05) is 25.0 Å². The smallest absolute Gasteiger partial charge is 0.274 e. The maximum atomic E-state index is 13.0. The molecule has 0 radical (unpaired) electrons. The molecule has 5 N–H and O–H groups in total. The highest BCUT2D eigenvalue weighted by atomic mass is 35.5. The molecule has 2 aromatic heterocycles. The molecule has 5 rings (SSSR count). The van der Waals surface area contributed by atoms with Gasteiger partial charge in [0.2, 0.25) is 5.91 Å². The Hall–Kier alpha value is -3.86. The number of halogens is 2. The number of pyridine rings is 2. The number of aliphatic hydroxyl groups excluding tert-OH is 1. The molecule has 0 aliphatic carbocycles. The van der Waals surface area contributed by atoms with Gasteiger partial charge >= 0.3 is 0 Å². The van der Waals surface area contributed by atoms with Gasteiger partial charge in [0, 0.05) is 72.9 Å². The van der Waals surface area contributed by atoms with Crippen molar-refractivity contribution < 1.29 is 14.7 Å². The van der Waals surface area contributed by atoms with Crippen LogP contribution in [0.15, 0.2) is 67.0 Å². The van der Waals surface area contributed by atoms with Crippen LogP contribution in [0.25, 0.3) is 22.4 Å². The highest BCUT2D eigenvalue weighted by Gasteiger charge is 2.20. The van der Waals surface area contributed by atoms with Gasteiger partial charge in [-0.1, -0.05) is 53.5 Å². The Labute approximate surface area is 266 Å². The number of aromatic nitrogens is 2. The van der Waals surface area contributed by atoms with Crippen molar-refractivity contribution in [3.63, 3.8) is 0 Å². The van der Waals surface area contributed by atoms with Crippen molar-refractivity contribution in [1.29, 1.82) is 0 Å². The van der Waals surface area contributed by atoms with Crippen LogP contribution in [-0.4, -0.2) is 52.6 Å². The minimum atomic E-state index is -0.321. The van der Waals surface area contributed by atoms with Gasteiger partial charge in [-0.2, -0.15) is 0 Å². The minimum Gasteiger partial charge on any atom is -0.395 e. The molecular weight excluding hydrogens is 599 g/mol. The number of carbonyl (C=O) groups excluding carboxylic acids is 2. The first-order valence-corrected chi connectivity index (χ1v) is 15.2. The fourth-order valence-corrected chi connectivity index (χ4v) is 5.70. The summed E-state index contributed by atoms with van der Waals surface area (Å²) in [5.41, 5.74) is 6.68. The summed E-state index contributed by atoms with van der Waals surface area (Å²) in [6.07, 6.45) is 4.77. The summed E-state index contributed by atoms with van der Waals surface area (Å²) >= 11 is 13.6. The number of nitrogens with one attached hydrogen (secondary N) is 4. The van der Waals surface area contributed by atoms with Gasteiger partial charge in [-0.05, 0) is 59.9 Å². The molecule has 9 nitrogen and oxygen atoms in total. The van der Waals surface area contributed by atoms with Crippen molar-refractivity contribution in [2.24, 2.45) is 0 Å². The van der Waals surface area contributed by atoms with Gasteiger partial charge in [0.15, 0.2) is 0 Å². The van der Waals surface area contributed by atoms with Crippen LogP contribution >= 0.6 is 23.2 Å². The molecular formula is C33H34Cl2N6O3. The Kier molecular flexibility index (Phi) is 10.6. The van der Waals surface area contributed by atoms with Gasteiger partial charge < -0.3 is 26.4 Å². The molecule has 0 bridgehead atoms. The van der Waals surface area contributed by atoms with Gasteiger partial charge in [-0.3, -0.25) is 19.6 Å². The van der Waals surface area contributed by atoms with Crippen molar-refractivity contribution in [2.45, 2.75) is 38.9 Å². The molecule has 2 amide bonds. The number of benzene rings is 2. The van der Waals surface area contributed by atoms with E-state index in [0.717, 1.165) is 39.8 Å². The van der Waals surface area contributed by atoms with E-state index in [1.54, 1.807) is 18.5 Å². The van der Waals surface area contributed by atoms with Gasteiger partial charge in [-0.25, -0.2) is 0 Å². The van der Waals surface area contributed by atoms with E-state index >= 15 is 0 Å². The number of hydrogen-bond donors (Lipinski definition) is 5. The number of carbonyl (C=O) groups is 2. The zero-order valence-electron chi connectivity index (χ0n) is 24.3. The third-order valence-corrected chi connectivity index (χ3v) is 8.29. The monoisotopic (exact) mass is 632 g/mol. The second-order valence-corrected chi connectivity index (χ2v) is 11.4. The third-order valence-electron chi connectivity index (χ3n) is 7.55. The van der Waals surface area contributed by atoms with Crippen LogP contribution in [0.2, 0.25) is 10.0 Å². The van der Waals surface area contributed by atoms with E-state index in [1.165, 1.54) is 0 Å². The average molecular weight is 634 g/mol. The van der Waals surface area contributed by atoms with Gasteiger partial charge in [0.05, 0.1) is 17.3 Å². The number of anilines is 1. The standard InChI is InChI=1S/C33H34Cl2N6O3/c1-20-25(3-2-4-28(20)41-33(44)29-9-5-21(17-39-29)16-36-13-14-42)26-11-12-38-32(31(26)35)22-6-7-23(27(34)15-22)18-37-19-24-8-10-30(43)40-24/h2-7,9,11-12,15,17,24,36-37,42H,8,10,13-14,16,18-19H2,1H3,(H,40,43)(H,41,44)/t24-/m1/s1. The second-order valence-electron chi connectivity index (χ2n) is 10.6. The van der Waals surface area contributed by atoms with E-state index in [2.05, 4.69) is 31.2 Å². The SMILES string of the molecule is Cc1c(NC(=O)c2ccc(CNCCO)cn2)cccc1-c1ccnc(-c2ccc(CNC[C@H]3CCC(=O)N3)c(Cl)c2)c1Cl. The Morgan fingerprint density at radius 3 is 2.64 bits per heavy atom. The molecule has 11 heteroatoms. The number of aliphatic hydroxyl groups is 1. The zero-order chi connectivity index (χ0) is 31.1. The molecule has 44 heavy (non-hydrogen) atoms. The fourth-order valence-electron chi connectivity index (χ4n) is 5.13. The molecule has 2 aromatic carbocycles. The lowest BCUT2D eigenvalue weighted by Gasteiger charge is -2.16. The van der Waals surface area contributed by atoms with Crippen molar-refractivity contribution in [3.8, 4) is 22.4 Å². The van der Waals surface area contributed by atoms with Crippen LogP contribution in [0.4, 0.5) is 5.69 Å². The highest BCUT2D eigenvalue weighted by Crippen LogP contribution is 2.38. The van der Waals surface area contributed by atoms with Gasteiger partial charge in [0.25, 0.3) is 5.91 Å². The fraction of sp³-hybridized carbons (Fsp3) is 0.273. The molecule has 1 saturated heterocycles. The topological polar surface area (TPSA) is 128 Å². The van der Waals surface area contributed by atoms with Gasteiger partial charge in [-0.15, -0.1) is 0 Å². The average Bonchev–Trinajstić information content (AvgIpc) is 3.44. The van der Waals surface area contributed by atoms with Crippen LogP contribution in [0.3, 0.4) is 0 Å². The van der Waals surface area contributed by atoms with Crippen LogP contribution < -0.4 is 21.3 Å². The molecule has 1 aliphatic rings. The lowest BCUT2D eigenvalue weighted by Crippen LogP contribution is -2.35. The van der Waals surface area contributed by atoms with Crippen molar-refractivity contribution in [3.05, 3.63) is 99.4 Å². The quantitative estimate of drug-likeness (QED) is 0.137. The first kappa shape index (κ1) is 31.6. The highest BCUT2D eigenvalue weighted by molar-refractivity contribution is 6.36. The number of rotatable bonds is 12. The minimum absolute atomic E-state index is 0.0581. The Morgan fingerprint density at radius 1 is 1.05 bits per heavy atom. The van der Waals surface area contributed by atoms with E-state index < -0.39 is 0 Å². The van der Waals surface area contributed by atoms with Gasteiger partial charge in [0.1, 0.15) is 5.69 Å². The summed E-state index contributed by atoms with van der Waals surface area (Å²) in [5.74, 6) is -0.223. The Bertz CT molecular complexity index is 1650. The summed E-state index contributed by atoms with van der Waals surface area (Å²) in [4.78, 5) is 33.3. The van der Waals surface area contributed by atoms with Crippen LogP contribution in [-0.2, 0) is 17.9 Å². The molecule has 4 aromatic rings. The Morgan fingerprint density at radius 2 is 1.91 bits per heavy atom. The normalized spacial score (nSPS) is 14.5. The molecule has 1 atom stereocenters. The maximum absolute atomic E-state index is 13.0. The number of nitrogens with zero attached hydrogens (tertiary/aromatic N) is 2. The van der Waals surface area contributed by atoms with Crippen LogP contribution in [0.5, 0.6) is 0 Å². The zero-order valence-corrected chi connectivity index (χ0v) is 25.8. The van der Waals surface area contributed by atoms with Crippen molar-refractivity contribution in [1.82, 2.24) is 25.9 Å². The summed E-state index contributed by atoms with van der Waals surface area (Å²) in [7, 11) is 0. The van der Waals surface area contributed by atoms with E-state index in [4.69, 9.17) is 28.3 Å². The summed E-state index contributed by atoms with van der Waals surface area (Å²) in [6, 6.07) is 16.9. The summed E-state index contributed by atoms with van der Waals surface area (Å²) in [6.45, 7) is 4.30. The molecule has 0 spiro atoms. The predicted molar refractivity (Wildman–Crippen MR) is 174 cm³/mol. The molecule has 1 fully saturated rings.